The lowest BCUT2D eigenvalue weighted by atomic mass is 10.3. The number of nitrogens with one attached hydrogen (secondary N) is 2. The SMILES string of the molecule is O=C(CNS(=O)(=O)c1ccc(Br)cc1)Nc1ccccc1Cl. The Morgan fingerprint density at radius 3 is 2.36 bits per heavy atom. The van der Waals surface area contributed by atoms with E-state index >= 15 is 0 Å². The summed E-state index contributed by atoms with van der Waals surface area (Å²) in [4.78, 5) is 11.9. The molecule has 0 fully saturated rings. The first-order valence-electron chi connectivity index (χ1n) is 6.18. The van der Waals surface area contributed by atoms with Crippen molar-refractivity contribution in [3.63, 3.8) is 0 Å². The monoisotopic (exact) mass is 402 g/mol. The third-order valence-corrected chi connectivity index (χ3v) is 4.97. The normalized spacial score (nSPS) is 11.2. The molecule has 2 aromatic rings. The summed E-state index contributed by atoms with van der Waals surface area (Å²) in [7, 11) is -3.74. The van der Waals surface area contributed by atoms with Crippen LogP contribution in [0.5, 0.6) is 0 Å². The molecule has 5 nitrogen and oxygen atoms in total. The van der Waals surface area contributed by atoms with Gasteiger partial charge in [0.15, 0.2) is 0 Å². The van der Waals surface area contributed by atoms with Crippen molar-refractivity contribution in [2.75, 3.05) is 11.9 Å². The van der Waals surface area contributed by atoms with Crippen LogP contribution in [0.15, 0.2) is 57.9 Å². The third-order valence-electron chi connectivity index (χ3n) is 2.69. The number of benzene rings is 2. The van der Waals surface area contributed by atoms with E-state index in [-0.39, 0.29) is 11.4 Å². The second-order valence-electron chi connectivity index (χ2n) is 4.31. The van der Waals surface area contributed by atoms with Gasteiger partial charge in [0.25, 0.3) is 0 Å². The van der Waals surface area contributed by atoms with Crippen LogP contribution in [0, 0.1) is 0 Å². The van der Waals surface area contributed by atoms with Gasteiger partial charge < -0.3 is 5.32 Å². The van der Waals surface area contributed by atoms with Crippen molar-refractivity contribution in [3.05, 3.63) is 58.0 Å². The highest BCUT2D eigenvalue weighted by molar-refractivity contribution is 9.10. The van der Waals surface area contributed by atoms with Gasteiger partial charge in [0, 0.05) is 4.47 Å². The summed E-state index contributed by atoms with van der Waals surface area (Å²) in [6.45, 7) is -0.385. The lowest BCUT2D eigenvalue weighted by molar-refractivity contribution is -0.115. The molecule has 0 unspecified atom stereocenters. The summed E-state index contributed by atoms with van der Waals surface area (Å²) in [5.41, 5.74) is 0.428. The molecule has 0 aliphatic rings. The Balaban J connectivity index is 1.98. The predicted molar refractivity (Wildman–Crippen MR) is 89.4 cm³/mol. The van der Waals surface area contributed by atoms with E-state index < -0.39 is 15.9 Å². The maximum Gasteiger partial charge on any atom is 0.241 e. The molecule has 0 saturated carbocycles. The molecular weight excluding hydrogens is 392 g/mol. The number of halogens is 2. The Kier molecular flexibility index (Phi) is 5.57. The van der Waals surface area contributed by atoms with Gasteiger partial charge in [0.2, 0.25) is 15.9 Å². The molecule has 2 aromatic carbocycles. The first-order chi connectivity index (χ1) is 10.4. The van der Waals surface area contributed by atoms with E-state index in [4.69, 9.17) is 11.6 Å². The summed E-state index contributed by atoms with van der Waals surface area (Å²) in [5.74, 6) is -0.506. The van der Waals surface area contributed by atoms with Crippen molar-refractivity contribution in [1.29, 1.82) is 0 Å². The van der Waals surface area contributed by atoms with Crippen LogP contribution in [0.3, 0.4) is 0 Å². The molecule has 116 valence electrons. The van der Waals surface area contributed by atoms with Crippen LogP contribution < -0.4 is 10.0 Å². The minimum absolute atomic E-state index is 0.0845. The van der Waals surface area contributed by atoms with E-state index in [9.17, 15) is 13.2 Å². The van der Waals surface area contributed by atoms with Gasteiger partial charge in [0.05, 0.1) is 22.2 Å². The van der Waals surface area contributed by atoms with Crippen molar-refractivity contribution >= 4 is 49.1 Å². The minimum Gasteiger partial charge on any atom is -0.324 e. The van der Waals surface area contributed by atoms with Crippen LogP contribution in [0.2, 0.25) is 5.02 Å². The molecule has 0 aromatic heterocycles. The predicted octanol–water partition coefficient (Wildman–Crippen LogP) is 3.02. The van der Waals surface area contributed by atoms with Gasteiger partial charge in [-0.05, 0) is 36.4 Å². The summed E-state index contributed by atoms with van der Waals surface area (Å²) < 4.78 is 27.1. The quantitative estimate of drug-likeness (QED) is 0.806. The van der Waals surface area contributed by atoms with Crippen LogP contribution in [0.25, 0.3) is 0 Å². The van der Waals surface area contributed by atoms with Crippen LogP contribution in [0.4, 0.5) is 5.69 Å². The molecule has 22 heavy (non-hydrogen) atoms. The lowest BCUT2D eigenvalue weighted by Gasteiger charge is -2.09. The fourth-order valence-corrected chi connectivity index (χ4v) is 3.04. The van der Waals surface area contributed by atoms with Gasteiger partial charge >= 0.3 is 0 Å². The minimum atomic E-state index is -3.74. The molecule has 0 heterocycles. The Bertz CT molecular complexity index is 779. The standard InChI is InChI=1S/C14H12BrClN2O3S/c15-10-5-7-11(8-6-10)22(20,21)17-9-14(19)18-13-4-2-1-3-12(13)16/h1-8,17H,9H2,(H,18,19). The second kappa shape index (κ2) is 7.23. The first kappa shape index (κ1) is 17.0. The van der Waals surface area contributed by atoms with Gasteiger partial charge in [-0.2, -0.15) is 0 Å². The highest BCUT2D eigenvalue weighted by atomic mass is 79.9. The molecule has 0 aliphatic carbocycles. The number of amides is 1. The van der Waals surface area contributed by atoms with Crippen LogP contribution in [-0.2, 0) is 14.8 Å². The summed E-state index contributed by atoms with van der Waals surface area (Å²) in [6.07, 6.45) is 0. The number of hydrogen-bond acceptors (Lipinski definition) is 3. The molecule has 0 radical (unpaired) electrons. The zero-order valence-electron chi connectivity index (χ0n) is 11.2. The Morgan fingerprint density at radius 1 is 1.09 bits per heavy atom. The zero-order chi connectivity index (χ0) is 16.2. The van der Waals surface area contributed by atoms with Crippen molar-refractivity contribution < 1.29 is 13.2 Å². The van der Waals surface area contributed by atoms with Crippen molar-refractivity contribution in [2.45, 2.75) is 4.90 Å². The molecule has 1 amide bonds. The molecule has 0 atom stereocenters. The first-order valence-corrected chi connectivity index (χ1v) is 8.83. The van der Waals surface area contributed by atoms with Crippen molar-refractivity contribution in [2.24, 2.45) is 0 Å². The Labute approximate surface area is 141 Å². The van der Waals surface area contributed by atoms with E-state index in [1.807, 2.05) is 0 Å². The maximum absolute atomic E-state index is 12.0. The average Bonchev–Trinajstić information content (AvgIpc) is 2.48. The lowest BCUT2D eigenvalue weighted by Crippen LogP contribution is -2.32. The molecule has 0 bridgehead atoms. The number of anilines is 1. The molecule has 2 N–H and O–H groups in total. The molecular formula is C14H12BrClN2O3S. The van der Waals surface area contributed by atoms with Gasteiger partial charge in [-0.1, -0.05) is 39.7 Å². The average molecular weight is 404 g/mol. The van der Waals surface area contributed by atoms with Gasteiger partial charge in [-0.25, -0.2) is 13.1 Å². The zero-order valence-corrected chi connectivity index (χ0v) is 14.4. The number of rotatable bonds is 5. The number of hydrogen-bond donors (Lipinski definition) is 2. The topological polar surface area (TPSA) is 75.3 Å². The van der Waals surface area contributed by atoms with Gasteiger partial charge in [0.1, 0.15) is 0 Å². The van der Waals surface area contributed by atoms with Crippen LogP contribution >= 0.6 is 27.5 Å². The van der Waals surface area contributed by atoms with E-state index in [2.05, 4.69) is 26.0 Å². The third kappa shape index (κ3) is 4.54. The Hall–Kier alpha value is -1.41. The van der Waals surface area contributed by atoms with Crippen LogP contribution in [-0.4, -0.2) is 20.9 Å². The van der Waals surface area contributed by atoms with Crippen molar-refractivity contribution in [3.8, 4) is 0 Å². The smallest absolute Gasteiger partial charge is 0.241 e. The molecule has 8 heteroatoms. The molecule has 0 spiro atoms. The fraction of sp³-hybridized carbons (Fsp3) is 0.0714. The molecule has 2 rings (SSSR count). The van der Waals surface area contributed by atoms with Crippen molar-refractivity contribution in [1.82, 2.24) is 4.72 Å². The number of carbonyl (C=O) groups is 1. The number of sulfonamides is 1. The van der Waals surface area contributed by atoms with E-state index in [1.165, 1.54) is 12.1 Å². The molecule has 0 aliphatic heterocycles. The summed E-state index contributed by atoms with van der Waals surface area (Å²) in [6, 6.07) is 12.8. The summed E-state index contributed by atoms with van der Waals surface area (Å²) >= 11 is 9.14. The summed E-state index contributed by atoms with van der Waals surface area (Å²) in [5, 5.41) is 2.92. The highest BCUT2D eigenvalue weighted by Gasteiger charge is 2.15. The van der Waals surface area contributed by atoms with Gasteiger partial charge in [-0.15, -0.1) is 0 Å². The van der Waals surface area contributed by atoms with Crippen LogP contribution in [0.1, 0.15) is 0 Å². The van der Waals surface area contributed by atoms with E-state index in [0.717, 1.165) is 4.47 Å². The second-order valence-corrected chi connectivity index (χ2v) is 7.40. The molecule has 0 saturated heterocycles. The number of para-hydroxylation sites is 1. The fourth-order valence-electron chi connectivity index (χ4n) is 1.61. The van der Waals surface area contributed by atoms with E-state index in [1.54, 1.807) is 36.4 Å². The Morgan fingerprint density at radius 2 is 1.73 bits per heavy atom. The van der Waals surface area contributed by atoms with E-state index in [0.29, 0.717) is 10.7 Å². The maximum atomic E-state index is 12.0. The largest absolute Gasteiger partial charge is 0.324 e. The number of carbonyl (C=O) groups excluding carboxylic acids is 1. The van der Waals surface area contributed by atoms with Gasteiger partial charge in [-0.3, -0.25) is 4.79 Å². The highest BCUT2D eigenvalue weighted by Crippen LogP contribution is 2.20.